The maximum atomic E-state index is 13.7. The molecule has 17 heavy (non-hydrogen) atoms. The van der Waals surface area contributed by atoms with Crippen LogP contribution >= 0.6 is 47.8 Å². The normalized spacial score (nSPS) is 12.5. The van der Waals surface area contributed by atoms with Crippen LogP contribution in [0.3, 0.4) is 0 Å². The monoisotopic (exact) mass is 420 g/mol. The number of alkyl halides is 1. The molecule has 0 aliphatic rings. The van der Waals surface area contributed by atoms with Crippen molar-refractivity contribution in [3.8, 4) is 0 Å². The van der Waals surface area contributed by atoms with Gasteiger partial charge in [0.1, 0.15) is 5.82 Å². The first-order chi connectivity index (χ1) is 8.08. The van der Waals surface area contributed by atoms with Crippen LogP contribution in [-0.4, -0.2) is 0 Å². The van der Waals surface area contributed by atoms with Crippen LogP contribution in [0.1, 0.15) is 16.0 Å². The van der Waals surface area contributed by atoms with Gasteiger partial charge in [0.15, 0.2) is 0 Å². The highest BCUT2D eigenvalue weighted by molar-refractivity contribution is 9.10. The van der Waals surface area contributed by atoms with E-state index < -0.39 is 0 Å². The van der Waals surface area contributed by atoms with Crippen molar-refractivity contribution in [2.75, 3.05) is 0 Å². The van der Waals surface area contributed by atoms with Crippen molar-refractivity contribution in [2.24, 2.45) is 0 Å². The van der Waals surface area contributed by atoms with Gasteiger partial charge in [-0.05, 0) is 35.9 Å². The van der Waals surface area contributed by atoms with Gasteiger partial charge in [-0.15, -0.1) is 0 Å². The third-order valence-electron chi connectivity index (χ3n) is 2.39. The summed E-state index contributed by atoms with van der Waals surface area (Å²) in [6, 6.07) is 12.8. The Labute approximate surface area is 125 Å². The number of halogens is 4. The minimum absolute atomic E-state index is 0.145. The van der Waals surface area contributed by atoms with E-state index in [1.54, 1.807) is 12.1 Å². The van der Waals surface area contributed by atoms with E-state index in [0.29, 0.717) is 5.56 Å². The third kappa shape index (κ3) is 3.18. The summed E-state index contributed by atoms with van der Waals surface area (Å²) in [5, 5.41) is 0. The minimum atomic E-state index is -0.210. The molecule has 2 rings (SSSR count). The van der Waals surface area contributed by atoms with Crippen LogP contribution in [0.25, 0.3) is 0 Å². The van der Waals surface area contributed by atoms with E-state index in [4.69, 9.17) is 0 Å². The molecule has 0 aromatic heterocycles. The summed E-state index contributed by atoms with van der Waals surface area (Å²) in [5.41, 5.74) is 1.65. The molecule has 0 aliphatic carbocycles. The zero-order valence-corrected chi connectivity index (χ0v) is 13.4. The van der Waals surface area contributed by atoms with Crippen LogP contribution in [0, 0.1) is 5.82 Å². The van der Waals surface area contributed by atoms with Crippen molar-refractivity contribution in [2.45, 2.75) is 4.83 Å². The molecule has 0 saturated carbocycles. The molecule has 1 atom stereocenters. The average molecular weight is 423 g/mol. The topological polar surface area (TPSA) is 0 Å². The Morgan fingerprint density at radius 3 is 2.12 bits per heavy atom. The molecule has 2 aromatic rings. The smallest absolute Gasteiger partial charge is 0.127 e. The Morgan fingerprint density at radius 1 is 0.882 bits per heavy atom. The van der Waals surface area contributed by atoms with Gasteiger partial charge < -0.3 is 0 Å². The second-order valence-corrected chi connectivity index (χ2v) is 6.33. The van der Waals surface area contributed by atoms with Gasteiger partial charge in [-0.3, -0.25) is 0 Å². The summed E-state index contributed by atoms with van der Waals surface area (Å²) in [4.78, 5) is -0.145. The van der Waals surface area contributed by atoms with E-state index in [1.807, 2.05) is 24.3 Å². The summed E-state index contributed by atoms with van der Waals surface area (Å²) in [5.74, 6) is -0.210. The van der Waals surface area contributed by atoms with Gasteiger partial charge in [0.05, 0.1) is 4.83 Å². The summed E-state index contributed by atoms with van der Waals surface area (Å²) in [7, 11) is 0. The second-order valence-electron chi connectivity index (χ2n) is 3.58. The van der Waals surface area contributed by atoms with E-state index in [1.165, 1.54) is 6.07 Å². The Morgan fingerprint density at radius 2 is 1.47 bits per heavy atom. The van der Waals surface area contributed by atoms with E-state index in [2.05, 4.69) is 47.8 Å². The maximum absolute atomic E-state index is 13.7. The third-order valence-corrected chi connectivity index (χ3v) is 4.44. The Balaban J connectivity index is 2.39. The fourth-order valence-corrected chi connectivity index (χ4v) is 2.82. The number of rotatable bonds is 2. The van der Waals surface area contributed by atoms with E-state index in [9.17, 15) is 4.39 Å². The van der Waals surface area contributed by atoms with Gasteiger partial charge in [-0.2, -0.15) is 0 Å². The van der Waals surface area contributed by atoms with Gasteiger partial charge in [-0.25, -0.2) is 4.39 Å². The van der Waals surface area contributed by atoms with Crippen LogP contribution in [0.4, 0.5) is 4.39 Å². The largest absolute Gasteiger partial charge is 0.207 e. The molecule has 0 amide bonds. The van der Waals surface area contributed by atoms with E-state index in [0.717, 1.165) is 14.5 Å². The molecule has 0 aliphatic heterocycles. The minimum Gasteiger partial charge on any atom is -0.207 e. The standard InChI is InChI=1S/C13H8Br3F/c14-9-3-1-8(2-4-9)13(16)11-7-10(15)5-6-12(11)17/h1-7,13H. The highest BCUT2D eigenvalue weighted by atomic mass is 79.9. The molecule has 0 saturated heterocycles. The number of hydrogen-bond acceptors (Lipinski definition) is 0. The van der Waals surface area contributed by atoms with Crippen molar-refractivity contribution in [1.29, 1.82) is 0 Å². The van der Waals surface area contributed by atoms with E-state index >= 15 is 0 Å². The SMILES string of the molecule is Fc1ccc(Br)cc1C(Br)c1ccc(Br)cc1. The lowest BCUT2D eigenvalue weighted by Gasteiger charge is -2.12. The molecule has 0 fully saturated rings. The van der Waals surface area contributed by atoms with Crippen LogP contribution in [0.2, 0.25) is 0 Å². The summed E-state index contributed by atoms with van der Waals surface area (Å²) < 4.78 is 15.6. The lowest BCUT2D eigenvalue weighted by Crippen LogP contribution is -1.96. The lowest BCUT2D eigenvalue weighted by atomic mass is 10.0. The van der Waals surface area contributed by atoms with Crippen molar-refractivity contribution < 1.29 is 4.39 Å². The molecule has 0 N–H and O–H groups in total. The molecule has 0 bridgehead atoms. The van der Waals surface area contributed by atoms with Gasteiger partial charge >= 0.3 is 0 Å². The average Bonchev–Trinajstić information content (AvgIpc) is 2.32. The lowest BCUT2D eigenvalue weighted by molar-refractivity contribution is 0.613. The first kappa shape index (κ1) is 13.2. The van der Waals surface area contributed by atoms with Gasteiger partial charge in [0.2, 0.25) is 0 Å². The molecule has 0 nitrogen and oxygen atoms in total. The van der Waals surface area contributed by atoms with Gasteiger partial charge in [0, 0.05) is 14.5 Å². The molecule has 4 heteroatoms. The number of hydrogen-bond donors (Lipinski definition) is 0. The highest BCUT2D eigenvalue weighted by Crippen LogP contribution is 2.34. The molecule has 0 radical (unpaired) electrons. The molecular formula is C13H8Br3F. The van der Waals surface area contributed by atoms with Crippen LogP contribution in [0.5, 0.6) is 0 Å². The van der Waals surface area contributed by atoms with Crippen LogP contribution in [-0.2, 0) is 0 Å². The quantitative estimate of drug-likeness (QED) is 0.534. The van der Waals surface area contributed by atoms with Crippen LogP contribution < -0.4 is 0 Å². The predicted molar refractivity (Wildman–Crippen MR) is 79.0 cm³/mol. The number of benzene rings is 2. The zero-order chi connectivity index (χ0) is 12.4. The first-order valence-corrected chi connectivity index (χ1v) is 7.42. The van der Waals surface area contributed by atoms with Crippen molar-refractivity contribution in [3.05, 3.63) is 68.4 Å². The highest BCUT2D eigenvalue weighted by Gasteiger charge is 2.14. The van der Waals surface area contributed by atoms with Crippen molar-refractivity contribution in [3.63, 3.8) is 0 Å². The van der Waals surface area contributed by atoms with Crippen LogP contribution in [0.15, 0.2) is 51.4 Å². The summed E-state index contributed by atoms with van der Waals surface area (Å²) in [6.45, 7) is 0. The van der Waals surface area contributed by atoms with Crippen molar-refractivity contribution >= 4 is 47.8 Å². The molecule has 0 spiro atoms. The Bertz CT molecular complexity index is 523. The Hall–Kier alpha value is -0.190. The maximum Gasteiger partial charge on any atom is 0.127 e. The first-order valence-electron chi connectivity index (χ1n) is 4.92. The summed E-state index contributed by atoms with van der Waals surface area (Å²) >= 11 is 10.3. The molecule has 1 unspecified atom stereocenters. The fraction of sp³-hybridized carbons (Fsp3) is 0.0769. The van der Waals surface area contributed by atoms with E-state index in [-0.39, 0.29) is 10.6 Å². The fourth-order valence-electron chi connectivity index (χ4n) is 1.52. The molecule has 88 valence electrons. The van der Waals surface area contributed by atoms with Crippen molar-refractivity contribution in [1.82, 2.24) is 0 Å². The van der Waals surface area contributed by atoms with Gasteiger partial charge in [-0.1, -0.05) is 59.9 Å². The second kappa shape index (κ2) is 5.63. The van der Waals surface area contributed by atoms with Gasteiger partial charge in [0.25, 0.3) is 0 Å². The zero-order valence-electron chi connectivity index (χ0n) is 8.63. The molecule has 2 aromatic carbocycles. The summed E-state index contributed by atoms with van der Waals surface area (Å²) in [6.07, 6.45) is 0. The predicted octanol–water partition coefficient (Wildman–Crippen LogP) is 5.84. The molecular weight excluding hydrogens is 415 g/mol. The Kier molecular flexibility index (Phi) is 4.39. The molecule has 0 heterocycles.